The van der Waals surface area contributed by atoms with E-state index in [1.54, 1.807) is 6.08 Å². The van der Waals surface area contributed by atoms with E-state index in [9.17, 15) is 4.79 Å². The summed E-state index contributed by atoms with van der Waals surface area (Å²) in [6.07, 6.45) is 10.3. The van der Waals surface area contributed by atoms with Crippen molar-refractivity contribution in [3.8, 4) is 0 Å². The van der Waals surface area contributed by atoms with E-state index in [-0.39, 0.29) is 5.97 Å². The van der Waals surface area contributed by atoms with Crippen molar-refractivity contribution in [1.29, 1.82) is 0 Å². The lowest BCUT2D eigenvalue weighted by atomic mass is 10.3. The average Bonchev–Trinajstić information content (AvgIpc) is 2.95. The van der Waals surface area contributed by atoms with Gasteiger partial charge in [0.15, 0.2) is 0 Å². The van der Waals surface area contributed by atoms with Crippen LogP contribution in [0.2, 0.25) is 0 Å². The number of carbonyl (C=O) groups excluding carboxylic acids is 1. The van der Waals surface area contributed by atoms with Crippen molar-refractivity contribution >= 4 is 5.97 Å². The van der Waals surface area contributed by atoms with E-state index in [4.69, 9.17) is 4.74 Å². The van der Waals surface area contributed by atoms with Crippen molar-refractivity contribution in [3.63, 3.8) is 0 Å². The van der Waals surface area contributed by atoms with Crippen LogP contribution in [0.3, 0.4) is 0 Å². The van der Waals surface area contributed by atoms with Gasteiger partial charge in [-0.05, 0) is 19.3 Å². The van der Waals surface area contributed by atoms with Crippen LogP contribution in [0, 0.1) is 0 Å². The molecule has 0 radical (unpaired) electrons. The highest BCUT2D eigenvalue weighted by atomic mass is 16.5. The maximum atomic E-state index is 11.4. The van der Waals surface area contributed by atoms with Crippen molar-refractivity contribution in [2.24, 2.45) is 0 Å². The second-order valence-electron chi connectivity index (χ2n) is 4.63. The molecule has 0 saturated carbocycles. The summed E-state index contributed by atoms with van der Waals surface area (Å²) in [6, 6.07) is 0. The van der Waals surface area contributed by atoms with Gasteiger partial charge in [0.05, 0.1) is 20.3 Å². The summed E-state index contributed by atoms with van der Waals surface area (Å²) >= 11 is 0. The van der Waals surface area contributed by atoms with Crippen molar-refractivity contribution in [2.45, 2.75) is 32.6 Å². The number of esters is 1. The van der Waals surface area contributed by atoms with Gasteiger partial charge >= 0.3 is 5.97 Å². The zero-order chi connectivity index (χ0) is 13.9. The Balaban J connectivity index is 2.41. The van der Waals surface area contributed by atoms with Gasteiger partial charge in [0, 0.05) is 24.9 Å². The first-order valence-corrected chi connectivity index (χ1v) is 7.04. The molecule has 19 heavy (non-hydrogen) atoms. The Bertz CT molecular complexity index is 317. The molecule has 0 aromatic rings. The second-order valence-corrected chi connectivity index (χ2v) is 4.63. The lowest BCUT2D eigenvalue weighted by molar-refractivity contribution is -0.135. The molecule has 0 aliphatic carbocycles. The molecular weight excluding hydrogens is 242 g/mol. The Morgan fingerprint density at radius 3 is 2.63 bits per heavy atom. The van der Waals surface area contributed by atoms with Crippen LogP contribution in [0.1, 0.15) is 32.6 Å². The highest BCUT2D eigenvalue weighted by Crippen LogP contribution is 2.15. The van der Waals surface area contributed by atoms with Gasteiger partial charge in [0.1, 0.15) is 0 Å². The molecule has 0 aromatic heterocycles. The molecule has 1 aliphatic rings. The predicted octanol–water partition coefficient (Wildman–Crippen LogP) is 2.51. The number of nitrogens with zero attached hydrogens (tertiary/aromatic N) is 1. The van der Waals surface area contributed by atoms with Crippen LogP contribution in [0.15, 0.2) is 23.9 Å². The molecule has 0 unspecified atom stereocenters. The van der Waals surface area contributed by atoms with Gasteiger partial charge < -0.3 is 14.4 Å². The molecule has 0 aromatic carbocycles. The Morgan fingerprint density at radius 1 is 1.26 bits per heavy atom. The number of ether oxygens (including phenoxy) is 2. The number of methoxy groups -OCH3 is 1. The van der Waals surface area contributed by atoms with E-state index in [0.29, 0.717) is 13.2 Å². The van der Waals surface area contributed by atoms with Gasteiger partial charge in [-0.3, -0.25) is 0 Å². The minimum absolute atomic E-state index is 0.313. The smallest absolute Gasteiger partial charge is 0.332 e. The van der Waals surface area contributed by atoms with Crippen molar-refractivity contribution in [2.75, 3.05) is 33.4 Å². The zero-order valence-corrected chi connectivity index (χ0v) is 12.1. The van der Waals surface area contributed by atoms with Crippen LogP contribution >= 0.6 is 0 Å². The van der Waals surface area contributed by atoms with Crippen LogP contribution in [0.5, 0.6) is 0 Å². The molecule has 1 heterocycles. The lowest BCUT2D eigenvalue weighted by Gasteiger charge is -2.21. The van der Waals surface area contributed by atoms with Gasteiger partial charge in [-0.25, -0.2) is 4.79 Å². The molecule has 0 atom stereocenters. The molecule has 4 heteroatoms. The summed E-state index contributed by atoms with van der Waals surface area (Å²) in [4.78, 5) is 13.6. The first-order chi connectivity index (χ1) is 9.27. The third-order valence-corrected chi connectivity index (χ3v) is 3.08. The number of unbranched alkanes of at least 4 members (excludes halogenated alkanes) is 1. The van der Waals surface area contributed by atoms with Crippen LogP contribution in [0.25, 0.3) is 0 Å². The summed E-state index contributed by atoms with van der Waals surface area (Å²) < 4.78 is 10.3. The van der Waals surface area contributed by atoms with E-state index in [1.165, 1.54) is 20.0 Å². The minimum atomic E-state index is -0.313. The molecule has 0 bridgehead atoms. The van der Waals surface area contributed by atoms with Gasteiger partial charge in [0.2, 0.25) is 0 Å². The van der Waals surface area contributed by atoms with Crippen molar-refractivity contribution in [3.05, 3.63) is 23.9 Å². The molecular formula is C15H25NO3. The molecule has 1 rings (SSSR count). The number of hydrogen-bond donors (Lipinski definition) is 0. The number of likely N-dealkylation sites (tertiary alicyclic amines) is 1. The number of hydrogen-bond acceptors (Lipinski definition) is 4. The van der Waals surface area contributed by atoms with E-state index >= 15 is 0 Å². The quantitative estimate of drug-likeness (QED) is 0.293. The lowest BCUT2D eigenvalue weighted by Crippen LogP contribution is -2.23. The molecule has 0 amide bonds. The molecule has 1 aliphatic heterocycles. The summed E-state index contributed by atoms with van der Waals surface area (Å²) in [7, 11) is 1.40. The molecule has 108 valence electrons. The van der Waals surface area contributed by atoms with Crippen LogP contribution < -0.4 is 0 Å². The normalized spacial score (nSPS) is 16.3. The Labute approximate surface area is 116 Å². The number of rotatable bonds is 8. The molecule has 0 N–H and O–H groups in total. The summed E-state index contributed by atoms with van der Waals surface area (Å²) in [5.74, 6) is -0.313. The summed E-state index contributed by atoms with van der Waals surface area (Å²) in [5.41, 5.74) is 0.924. The average molecular weight is 267 g/mol. The first-order valence-electron chi connectivity index (χ1n) is 7.04. The fourth-order valence-corrected chi connectivity index (χ4v) is 2.01. The van der Waals surface area contributed by atoms with Gasteiger partial charge in [-0.2, -0.15) is 0 Å². The topological polar surface area (TPSA) is 38.8 Å². The van der Waals surface area contributed by atoms with Crippen LogP contribution in [0.4, 0.5) is 0 Å². The van der Waals surface area contributed by atoms with E-state index in [2.05, 4.69) is 22.6 Å². The molecule has 1 fully saturated rings. The highest BCUT2D eigenvalue weighted by molar-refractivity contribution is 5.82. The number of allylic oxidation sites excluding steroid dienone is 1. The van der Waals surface area contributed by atoms with Crippen molar-refractivity contribution < 1.29 is 14.3 Å². The van der Waals surface area contributed by atoms with E-state index < -0.39 is 0 Å². The highest BCUT2D eigenvalue weighted by Gasteiger charge is 2.16. The number of carbonyl (C=O) groups is 1. The van der Waals surface area contributed by atoms with Gasteiger partial charge in [0.25, 0.3) is 0 Å². The molecule has 1 saturated heterocycles. The maximum Gasteiger partial charge on any atom is 0.332 e. The Kier molecular flexibility index (Phi) is 7.98. The largest absolute Gasteiger partial charge is 0.466 e. The van der Waals surface area contributed by atoms with Crippen molar-refractivity contribution in [1.82, 2.24) is 4.90 Å². The van der Waals surface area contributed by atoms with E-state index in [1.807, 2.05) is 6.08 Å². The monoisotopic (exact) mass is 267 g/mol. The van der Waals surface area contributed by atoms with Gasteiger partial charge in [-0.1, -0.05) is 25.5 Å². The molecule has 0 spiro atoms. The van der Waals surface area contributed by atoms with Gasteiger partial charge in [-0.15, -0.1) is 0 Å². The maximum absolute atomic E-state index is 11.4. The SMILES string of the molecule is CCC/C=C\COC/C(=C\C(=O)OC)N1CCCC1. The minimum Gasteiger partial charge on any atom is -0.466 e. The van der Waals surface area contributed by atoms with Crippen LogP contribution in [-0.4, -0.2) is 44.3 Å². The Hall–Kier alpha value is -1.29. The summed E-state index contributed by atoms with van der Waals surface area (Å²) in [6.45, 7) is 5.20. The second kappa shape index (κ2) is 9.62. The Morgan fingerprint density at radius 2 is 2.00 bits per heavy atom. The van der Waals surface area contributed by atoms with Crippen LogP contribution in [-0.2, 0) is 14.3 Å². The zero-order valence-electron chi connectivity index (χ0n) is 12.1. The first kappa shape index (κ1) is 15.8. The predicted molar refractivity (Wildman–Crippen MR) is 75.8 cm³/mol. The fraction of sp³-hybridized carbons (Fsp3) is 0.667. The third kappa shape index (κ3) is 6.43. The summed E-state index contributed by atoms with van der Waals surface area (Å²) in [5, 5.41) is 0. The third-order valence-electron chi connectivity index (χ3n) is 3.08. The van der Waals surface area contributed by atoms with E-state index in [0.717, 1.165) is 31.6 Å². The fourth-order valence-electron chi connectivity index (χ4n) is 2.01. The standard InChI is InChI=1S/C15H25NO3/c1-3-4-5-8-11-19-13-14(12-15(17)18-2)16-9-6-7-10-16/h5,8,12H,3-4,6-7,9-11,13H2,1-2H3/b8-5-,14-12+. The molecule has 4 nitrogen and oxygen atoms in total.